The molecular formula is C16H27NO. The summed E-state index contributed by atoms with van der Waals surface area (Å²) in [6.45, 7) is 9.67. The van der Waals surface area contributed by atoms with E-state index in [0.29, 0.717) is 6.04 Å². The maximum atomic E-state index is 5.89. The summed E-state index contributed by atoms with van der Waals surface area (Å²) in [4.78, 5) is 0. The van der Waals surface area contributed by atoms with Crippen molar-refractivity contribution >= 4 is 0 Å². The van der Waals surface area contributed by atoms with Gasteiger partial charge in [-0.2, -0.15) is 0 Å². The van der Waals surface area contributed by atoms with Gasteiger partial charge < -0.3 is 10.1 Å². The van der Waals surface area contributed by atoms with Crippen molar-refractivity contribution in [3.05, 3.63) is 29.8 Å². The molecule has 1 rings (SSSR count). The Labute approximate surface area is 112 Å². The van der Waals surface area contributed by atoms with Gasteiger partial charge in [-0.15, -0.1) is 0 Å². The van der Waals surface area contributed by atoms with Crippen molar-refractivity contribution in [1.82, 2.24) is 5.32 Å². The van der Waals surface area contributed by atoms with Gasteiger partial charge in [0.05, 0.1) is 6.10 Å². The van der Waals surface area contributed by atoms with Crippen molar-refractivity contribution in [3.63, 3.8) is 0 Å². The first-order valence-electron chi connectivity index (χ1n) is 7.10. The van der Waals surface area contributed by atoms with Crippen molar-refractivity contribution in [3.8, 4) is 5.75 Å². The SMILES string of the molecule is CCCc1ccc(OC(C)CCNC(C)C)cc1. The molecule has 0 radical (unpaired) electrons. The molecule has 0 spiro atoms. The molecule has 2 heteroatoms. The van der Waals surface area contributed by atoms with Crippen molar-refractivity contribution in [2.75, 3.05) is 6.54 Å². The van der Waals surface area contributed by atoms with E-state index < -0.39 is 0 Å². The van der Waals surface area contributed by atoms with Gasteiger partial charge in [-0.25, -0.2) is 0 Å². The lowest BCUT2D eigenvalue weighted by atomic mass is 10.1. The highest BCUT2D eigenvalue weighted by atomic mass is 16.5. The Morgan fingerprint density at radius 3 is 2.33 bits per heavy atom. The Morgan fingerprint density at radius 1 is 1.11 bits per heavy atom. The van der Waals surface area contributed by atoms with Crippen molar-refractivity contribution < 1.29 is 4.74 Å². The van der Waals surface area contributed by atoms with E-state index in [-0.39, 0.29) is 6.10 Å². The topological polar surface area (TPSA) is 21.3 Å². The monoisotopic (exact) mass is 249 g/mol. The summed E-state index contributed by atoms with van der Waals surface area (Å²) in [5.74, 6) is 0.979. The van der Waals surface area contributed by atoms with E-state index in [2.05, 4.69) is 57.3 Å². The molecule has 0 bridgehead atoms. The van der Waals surface area contributed by atoms with Gasteiger partial charge in [-0.1, -0.05) is 39.3 Å². The highest BCUT2D eigenvalue weighted by molar-refractivity contribution is 5.27. The molecule has 1 aromatic rings. The standard InChI is InChI=1S/C16H27NO/c1-5-6-15-7-9-16(10-8-15)18-14(4)11-12-17-13(2)3/h7-10,13-14,17H,5-6,11-12H2,1-4H3. The third-order valence-electron chi connectivity index (χ3n) is 2.90. The quantitative estimate of drug-likeness (QED) is 0.756. The van der Waals surface area contributed by atoms with Gasteiger partial charge in [0.15, 0.2) is 0 Å². The largest absolute Gasteiger partial charge is 0.491 e. The molecule has 0 saturated heterocycles. The molecule has 18 heavy (non-hydrogen) atoms. The number of ether oxygens (including phenoxy) is 1. The van der Waals surface area contributed by atoms with Gasteiger partial charge >= 0.3 is 0 Å². The van der Waals surface area contributed by atoms with E-state index in [0.717, 1.165) is 25.1 Å². The van der Waals surface area contributed by atoms with E-state index in [4.69, 9.17) is 4.74 Å². The van der Waals surface area contributed by atoms with Crippen LogP contribution >= 0.6 is 0 Å². The van der Waals surface area contributed by atoms with Crippen LogP contribution in [0.4, 0.5) is 0 Å². The third-order valence-corrected chi connectivity index (χ3v) is 2.90. The van der Waals surface area contributed by atoms with Crippen LogP contribution in [0.1, 0.15) is 46.1 Å². The number of benzene rings is 1. The minimum Gasteiger partial charge on any atom is -0.491 e. The molecule has 0 heterocycles. The Kier molecular flexibility index (Phi) is 6.81. The zero-order valence-corrected chi connectivity index (χ0v) is 12.2. The summed E-state index contributed by atoms with van der Waals surface area (Å²) < 4.78 is 5.89. The molecule has 0 aliphatic heterocycles. The zero-order chi connectivity index (χ0) is 13.4. The van der Waals surface area contributed by atoms with E-state index in [1.807, 2.05) is 0 Å². The van der Waals surface area contributed by atoms with Crippen molar-refractivity contribution in [2.24, 2.45) is 0 Å². The smallest absolute Gasteiger partial charge is 0.119 e. The molecule has 0 fully saturated rings. The van der Waals surface area contributed by atoms with Crippen LogP contribution < -0.4 is 10.1 Å². The van der Waals surface area contributed by atoms with Crippen LogP contribution in [0.25, 0.3) is 0 Å². The fourth-order valence-corrected chi connectivity index (χ4v) is 1.89. The second-order valence-corrected chi connectivity index (χ2v) is 5.22. The van der Waals surface area contributed by atoms with Gasteiger partial charge in [0, 0.05) is 6.04 Å². The van der Waals surface area contributed by atoms with Crippen LogP contribution in [-0.4, -0.2) is 18.7 Å². The Hall–Kier alpha value is -1.02. The molecule has 0 aliphatic carbocycles. The molecule has 1 atom stereocenters. The molecule has 0 amide bonds. The first kappa shape index (κ1) is 15.0. The second kappa shape index (κ2) is 8.15. The van der Waals surface area contributed by atoms with Crippen molar-refractivity contribution in [2.45, 2.75) is 59.1 Å². The predicted molar refractivity (Wildman–Crippen MR) is 78.3 cm³/mol. The van der Waals surface area contributed by atoms with Gasteiger partial charge in [0.2, 0.25) is 0 Å². The lowest BCUT2D eigenvalue weighted by Gasteiger charge is -2.16. The Bertz CT molecular complexity index is 318. The van der Waals surface area contributed by atoms with E-state index in [1.54, 1.807) is 0 Å². The minimum absolute atomic E-state index is 0.258. The van der Waals surface area contributed by atoms with E-state index in [9.17, 15) is 0 Å². The van der Waals surface area contributed by atoms with Gasteiger partial charge in [0.25, 0.3) is 0 Å². The first-order chi connectivity index (χ1) is 8.61. The Balaban J connectivity index is 2.32. The molecule has 0 saturated carbocycles. The maximum Gasteiger partial charge on any atom is 0.119 e. The fraction of sp³-hybridized carbons (Fsp3) is 0.625. The molecule has 2 nitrogen and oxygen atoms in total. The number of rotatable bonds is 8. The first-order valence-corrected chi connectivity index (χ1v) is 7.10. The molecular weight excluding hydrogens is 222 g/mol. The summed E-state index contributed by atoms with van der Waals surface area (Å²) in [7, 11) is 0. The molecule has 1 unspecified atom stereocenters. The zero-order valence-electron chi connectivity index (χ0n) is 12.2. The molecule has 1 aromatic carbocycles. The number of hydrogen-bond donors (Lipinski definition) is 1. The minimum atomic E-state index is 0.258. The number of aryl methyl sites for hydroxylation is 1. The van der Waals surface area contributed by atoms with E-state index >= 15 is 0 Å². The summed E-state index contributed by atoms with van der Waals surface area (Å²) in [6.07, 6.45) is 3.63. The average molecular weight is 249 g/mol. The summed E-state index contributed by atoms with van der Waals surface area (Å²) >= 11 is 0. The summed E-state index contributed by atoms with van der Waals surface area (Å²) in [6, 6.07) is 9.04. The predicted octanol–water partition coefficient (Wildman–Crippen LogP) is 3.79. The molecule has 0 aliphatic rings. The average Bonchev–Trinajstić information content (AvgIpc) is 2.31. The molecule has 1 N–H and O–H groups in total. The van der Waals surface area contributed by atoms with Gasteiger partial charge in [0.1, 0.15) is 5.75 Å². The second-order valence-electron chi connectivity index (χ2n) is 5.22. The van der Waals surface area contributed by atoms with Gasteiger partial charge in [-0.05, 0) is 44.0 Å². The lowest BCUT2D eigenvalue weighted by Crippen LogP contribution is -2.27. The highest BCUT2D eigenvalue weighted by Crippen LogP contribution is 2.15. The summed E-state index contributed by atoms with van der Waals surface area (Å²) in [5, 5.41) is 3.41. The maximum absolute atomic E-state index is 5.89. The van der Waals surface area contributed by atoms with E-state index in [1.165, 1.54) is 12.0 Å². The molecule has 102 valence electrons. The van der Waals surface area contributed by atoms with Crippen molar-refractivity contribution in [1.29, 1.82) is 0 Å². The number of hydrogen-bond acceptors (Lipinski definition) is 2. The summed E-state index contributed by atoms with van der Waals surface area (Å²) in [5.41, 5.74) is 1.39. The lowest BCUT2D eigenvalue weighted by molar-refractivity contribution is 0.209. The molecule has 0 aromatic heterocycles. The van der Waals surface area contributed by atoms with Crippen LogP contribution in [0, 0.1) is 0 Å². The normalized spacial score (nSPS) is 12.7. The van der Waals surface area contributed by atoms with Crippen LogP contribution in [0.3, 0.4) is 0 Å². The number of nitrogens with one attached hydrogen (secondary N) is 1. The third kappa shape index (κ3) is 6.06. The highest BCUT2D eigenvalue weighted by Gasteiger charge is 2.04. The van der Waals surface area contributed by atoms with Crippen LogP contribution in [0.2, 0.25) is 0 Å². The fourth-order valence-electron chi connectivity index (χ4n) is 1.89. The van der Waals surface area contributed by atoms with Gasteiger partial charge in [-0.3, -0.25) is 0 Å². The Morgan fingerprint density at radius 2 is 1.78 bits per heavy atom. The van der Waals surface area contributed by atoms with Crippen LogP contribution in [-0.2, 0) is 6.42 Å². The van der Waals surface area contributed by atoms with Crippen LogP contribution in [0.5, 0.6) is 5.75 Å². The van der Waals surface area contributed by atoms with Crippen LogP contribution in [0.15, 0.2) is 24.3 Å².